The van der Waals surface area contributed by atoms with Crippen molar-refractivity contribution in [3.05, 3.63) is 37.0 Å². The van der Waals surface area contributed by atoms with Crippen LogP contribution < -0.4 is 0 Å². The predicted octanol–water partition coefficient (Wildman–Crippen LogP) is 4.50. The maximum Gasteiger partial charge on any atom is -0.0308 e. The zero-order chi connectivity index (χ0) is 9.82. The molecule has 0 aliphatic carbocycles. The fraction of sp³-hybridized carbons (Fsp3) is 0.500. The third kappa shape index (κ3) is 12.0. The molecule has 0 aliphatic heterocycles. The minimum absolute atomic E-state index is 1.04. The van der Waals surface area contributed by atoms with Gasteiger partial charge in [0.25, 0.3) is 0 Å². The van der Waals surface area contributed by atoms with Gasteiger partial charge in [0, 0.05) is 0 Å². The lowest BCUT2D eigenvalue weighted by Crippen LogP contribution is -1.68. The van der Waals surface area contributed by atoms with Crippen molar-refractivity contribution in [3.63, 3.8) is 0 Å². The highest BCUT2D eigenvalue weighted by Gasteiger charge is 1.79. The number of hydrogen-bond donors (Lipinski definition) is 0. The largest absolute Gasteiger partial charge is 0.0991 e. The van der Waals surface area contributed by atoms with Crippen molar-refractivity contribution in [2.45, 2.75) is 40.0 Å². The SMILES string of the molecule is C=C/C=C(\C=C)CC.CCCC. The molecule has 0 aromatic carbocycles. The molecule has 0 fully saturated rings. The summed E-state index contributed by atoms with van der Waals surface area (Å²) in [5.41, 5.74) is 1.24. The third-order valence-electron chi connectivity index (χ3n) is 1.50. The Kier molecular flexibility index (Phi) is 14.8. The fourth-order valence-corrected chi connectivity index (χ4v) is 0.482. The van der Waals surface area contributed by atoms with Crippen molar-refractivity contribution in [2.24, 2.45) is 0 Å². The van der Waals surface area contributed by atoms with E-state index in [-0.39, 0.29) is 0 Å². The van der Waals surface area contributed by atoms with Crippen LogP contribution in [0.2, 0.25) is 0 Å². The lowest BCUT2D eigenvalue weighted by Gasteiger charge is -1.89. The van der Waals surface area contributed by atoms with Gasteiger partial charge in [0.2, 0.25) is 0 Å². The van der Waals surface area contributed by atoms with Crippen LogP contribution in [0.25, 0.3) is 0 Å². The van der Waals surface area contributed by atoms with Crippen molar-refractivity contribution in [3.8, 4) is 0 Å². The van der Waals surface area contributed by atoms with Gasteiger partial charge in [0.1, 0.15) is 0 Å². The Balaban J connectivity index is 0. The van der Waals surface area contributed by atoms with Crippen LogP contribution in [0.5, 0.6) is 0 Å². The molecular weight excluding hydrogens is 144 g/mol. The zero-order valence-electron chi connectivity index (χ0n) is 8.77. The highest BCUT2D eigenvalue weighted by molar-refractivity contribution is 5.20. The van der Waals surface area contributed by atoms with E-state index in [0.29, 0.717) is 0 Å². The molecule has 0 aliphatic rings. The summed E-state index contributed by atoms with van der Waals surface area (Å²) in [5, 5.41) is 0. The molecule has 0 nitrogen and oxygen atoms in total. The van der Waals surface area contributed by atoms with E-state index >= 15 is 0 Å². The maximum atomic E-state index is 3.63. The van der Waals surface area contributed by atoms with Crippen molar-refractivity contribution < 1.29 is 0 Å². The molecule has 0 unspecified atom stereocenters. The Morgan fingerprint density at radius 1 is 1.08 bits per heavy atom. The zero-order valence-corrected chi connectivity index (χ0v) is 8.77. The van der Waals surface area contributed by atoms with Crippen molar-refractivity contribution in [1.29, 1.82) is 0 Å². The molecule has 0 amide bonds. The molecule has 0 heterocycles. The molecule has 0 aromatic rings. The van der Waals surface area contributed by atoms with Crippen LogP contribution in [0.4, 0.5) is 0 Å². The average molecular weight is 166 g/mol. The van der Waals surface area contributed by atoms with Crippen LogP contribution in [0.3, 0.4) is 0 Å². The second-order valence-electron chi connectivity index (χ2n) is 2.53. The van der Waals surface area contributed by atoms with Gasteiger partial charge in [-0.2, -0.15) is 0 Å². The van der Waals surface area contributed by atoms with E-state index in [2.05, 4.69) is 33.9 Å². The summed E-state index contributed by atoms with van der Waals surface area (Å²) in [4.78, 5) is 0. The number of hydrogen-bond acceptors (Lipinski definition) is 0. The van der Waals surface area contributed by atoms with E-state index in [4.69, 9.17) is 0 Å². The summed E-state index contributed by atoms with van der Waals surface area (Å²) in [7, 11) is 0. The summed E-state index contributed by atoms with van der Waals surface area (Å²) >= 11 is 0. The molecule has 0 atom stereocenters. The molecule has 0 rings (SSSR count). The first-order valence-electron chi connectivity index (χ1n) is 4.70. The summed E-state index contributed by atoms with van der Waals surface area (Å²) in [6.07, 6.45) is 9.27. The second-order valence-corrected chi connectivity index (χ2v) is 2.53. The minimum Gasteiger partial charge on any atom is -0.0991 e. The van der Waals surface area contributed by atoms with E-state index in [0.717, 1.165) is 6.42 Å². The van der Waals surface area contributed by atoms with Crippen LogP contribution in [0.15, 0.2) is 37.0 Å². The Morgan fingerprint density at radius 2 is 1.58 bits per heavy atom. The summed E-state index contributed by atoms with van der Waals surface area (Å²) in [6.45, 7) is 13.7. The van der Waals surface area contributed by atoms with Gasteiger partial charge in [0.15, 0.2) is 0 Å². The Labute approximate surface area is 77.7 Å². The maximum absolute atomic E-state index is 3.63. The van der Waals surface area contributed by atoms with Crippen LogP contribution in [0, 0.1) is 0 Å². The van der Waals surface area contributed by atoms with Crippen LogP contribution in [-0.2, 0) is 0 Å². The quantitative estimate of drug-likeness (QED) is 0.539. The average Bonchev–Trinajstić information content (AvgIpc) is 2.14. The number of rotatable bonds is 4. The van der Waals surface area contributed by atoms with E-state index in [9.17, 15) is 0 Å². The van der Waals surface area contributed by atoms with Gasteiger partial charge in [-0.15, -0.1) is 0 Å². The van der Waals surface area contributed by atoms with Crippen molar-refractivity contribution >= 4 is 0 Å². The van der Waals surface area contributed by atoms with E-state index in [1.165, 1.54) is 18.4 Å². The van der Waals surface area contributed by atoms with Gasteiger partial charge in [-0.3, -0.25) is 0 Å². The van der Waals surface area contributed by atoms with E-state index in [1.807, 2.05) is 12.2 Å². The first kappa shape index (κ1) is 13.8. The molecule has 0 radical (unpaired) electrons. The first-order chi connectivity index (χ1) is 5.76. The van der Waals surface area contributed by atoms with E-state index in [1.54, 1.807) is 6.08 Å². The minimum atomic E-state index is 1.04. The van der Waals surface area contributed by atoms with Gasteiger partial charge in [-0.25, -0.2) is 0 Å². The fourth-order valence-electron chi connectivity index (χ4n) is 0.482. The highest BCUT2D eigenvalue weighted by Crippen LogP contribution is 1.99. The first-order valence-corrected chi connectivity index (χ1v) is 4.70. The Morgan fingerprint density at radius 3 is 1.67 bits per heavy atom. The van der Waals surface area contributed by atoms with Crippen LogP contribution in [0.1, 0.15) is 40.0 Å². The summed E-state index contributed by atoms with van der Waals surface area (Å²) in [6, 6.07) is 0. The molecule has 0 saturated heterocycles. The summed E-state index contributed by atoms with van der Waals surface area (Å²) < 4.78 is 0. The number of unbranched alkanes of at least 4 members (excludes halogenated alkanes) is 1. The molecular formula is C12H22. The lowest BCUT2D eigenvalue weighted by atomic mass is 10.2. The van der Waals surface area contributed by atoms with Gasteiger partial charge in [-0.1, -0.05) is 65.0 Å². The van der Waals surface area contributed by atoms with Crippen molar-refractivity contribution in [1.82, 2.24) is 0 Å². The summed E-state index contributed by atoms with van der Waals surface area (Å²) in [5.74, 6) is 0. The van der Waals surface area contributed by atoms with Crippen LogP contribution >= 0.6 is 0 Å². The van der Waals surface area contributed by atoms with Gasteiger partial charge >= 0.3 is 0 Å². The molecule has 0 heteroatoms. The van der Waals surface area contributed by atoms with E-state index < -0.39 is 0 Å². The Bertz CT molecular complexity index is 127. The normalized spacial score (nSPS) is 9.75. The molecule has 0 N–H and O–H groups in total. The molecule has 0 saturated carbocycles. The Hall–Kier alpha value is -0.780. The third-order valence-corrected chi connectivity index (χ3v) is 1.50. The molecule has 0 aromatic heterocycles. The van der Waals surface area contributed by atoms with Gasteiger partial charge < -0.3 is 0 Å². The van der Waals surface area contributed by atoms with Crippen LogP contribution in [-0.4, -0.2) is 0 Å². The van der Waals surface area contributed by atoms with Gasteiger partial charge in [-0.05, 0) is 12.0 Å². The highest BCUT2D eigenvalue weighted by atomic mass is 13.8. The van der Waals surface area contributed by atoms with Crippen molar-refractivity contribution in [2.75, 3.05) is 0 Å². The standard InChI is InChI=1S/C8H12.C4H10/c1-4-7-8(5-2)6-3;1-3-4-2/h4-5,7H,1-2,6H2,3H3;3-4H2,1-2H3/b8-7+;. The molecule has 70 valence electrons. The number of allylic oxidation sites excluding steroid dienone is 4. The molecule has 0 spiro atoms. The lowest BCUT2D eigenvalue weighted by molar-refractivity contribution is 0.886. The smallest absolute Gasteiger partial charge is 0.0308 e. The van der Waals surface area contributed by atoms with Gasteiger partial charge in [0.05, 0.1) is 0 Å². The molecule has 12 heavy (non-hydrogen) atoms. The monoisotopic (exact) mass is 166 g/mol. The predicted molar refractivity (Wildman–Crippen MR) is 59.4 cm³/mol. The second kappa shape index (κ2) is 12.9. The molecule has 0 bridgehead atoms. The topological polar surface area (TPSA) is 0 Å².